The Balaban J connectivity index is 1.45. The van der Waals surface area contributed by atoms with Crippen LogP contribution in [0.2, 0.25) is 0 Å². The number of rotatable bonds is 1. The van der Waals surface area contributed by atoms with E-state index in [2.05, 4.69) is 115 Å². The SMILES string of the molecule is Cc1ccc2c(oc3c4c(ccc32)B2c3ccccc3Pc3cccc(c32)N4)c1-c1cccc[n+]1C. The average molecular weight is 481 g/mol. The quantitative estimate of drug-likeness (QED) is 0.219. The lowest BCUT2D eigenvalue weighted by Crippen LogP contribution is -2.64. The topological polar surface area (TPSA) is 29.1 Å². The first-order chi connectivity index (χ1) is 17.7. The standard InChI is InChI=1S/C31H23BN2OP/c1-18-13-14-19-20-15-16-22-29(31(20)35-30(19)27(18)24-10-5-6-17-34(24)2)33-23-9-7-12-26-28(23)32(22)21-8-3-4-11-25(21)36-26/h3-17,33,36H,1-2H3/q+1. The van der Waals surface area contributed by atoms with E-state index >= 15 is 0 Å². The molecule has 0 radical (unpaired) electrons. The van der Waals surface area contributed by atoms with E-state index in [-0.39, 0.29) is 6.71 Å². The number of pyridine rings is 1. The Kier molecular flexibility index (Phi) is 4.13. The van der Waals surface area contributed by atoms with Crippen LogP contribution in [-0.2, 0) is 7.05 Å². The Hall–Kier alpha value is -3.88. The minimum absolute atomic E-state index is 0.218. The molecule has 2 aromatic heterocycles. The van der Waals surface area contributed by atoms with Crippen molar-refractivity contribution in [3.8, 4) is 11.3 Å². The minimum atomic E-state index is 0.218. The highest BCUT2D eigenvalue weighted by Crippen LogP contribution is 2.40. The first kappa shape index (κ1) is 20.3. The Morgan fingerprint density at radius 2 is 1.58 bits per heavy atom. The van der Waals surface area contributed by atoms with Crippen molar-refractivity contribution in [3.63, 3.8) is 0 Å². The average Bonchev–Trinajstić information content (AvgIpc) is 3.28. The molecule has 2 aliphatic heterocycles. The van der Waals surface area contributed by atoms with Gasteiger partial charge in [0.25, 0.3) is 0 Å². The lowest BCUT2D eigenvalue weighted by molar-refractivity contribution is -0.660. The van der Waals surface area contributed by atoms with E-state index in [0.717, 1.165) is 38.9 Å². The molecule has 170 valence electrons. The molecule has 4 aromatic carbocycles. The predicted octanol–water partition coefficient (Wildman–Crippen LogP) is 3.90. The summed E-state index contributed by atoms with van der Waals surface area (Å²) in [7, 11) is 2.78. The molecule has 5 heteroatoms. The summed E-state index contributed by atoms with van der Waals surface area (Å²) >= 11 is 0. The van der Waals surface area contributed by atoms with Crippen molar-refractivity contribution in [2.75, 3.05) is 5.32 Å². The molecule has 1 unspecified atom stereocenters. The first-order valence-electron chi connectivity index (χ1n) is 12.4. The molecule has 1 N–H and O–H groups in total. The minimum Gasteiger partial charge on any atom is -0.453 e. The summed E-state index contributed by atoms with van der Waals surface area (Å²) < 4.78 is 9.01. The third-order valence-corrected chi connectivity index (χ3v) is 9.30. The molecule has 0 amide bonds. The molecule has 0 fully saturated rings. The van der Waals surface area contributed by atoms with Gasteiger partial charge in [0.2, 0.25) is 12.4 Å². The van der Waals surface area contributed by atoms with Crippen molar-refractivity contribution >= 4 is 75.6 Å². The molecular weight excluding hydrogens is 458 g/mol. The van der Waals surface area contributed by atoms with Gasteiger partial charge >= 0.3 is 0 Å². The molecule has 36 heavy (non-hydrogen) atoms. The van der Waals surface area contributed by atoms with E-state index in [1.54, 1.807) is 0 Å². The van der Waals surface area contributed by atoms with Gasteiger partial charge in [-0.25, -0.2) is 4.57 Å². The third-order valence-electron chi connectivity index (χ3n) is 7.87. The number of fused-ring (bicyclic) bond motifs is 8. The molecule has 0 spiro atoms. The van der Waals surface area contributed by atoms with Crippen LogP contribution in [0, 0.1) is 6.92 Å². The Morgan fingerprint density at radius 3 is 2.50 bits per heavy atom. The fourth-order valence-electron chi connectivity index (χ4n) is 6.20. The third kappa shape index (κ3) is 2.65. The zero-order valence-electron chi connectivity index (χ0n) is 20.1. The maximum atomic E-state index is 6.84. The summed E-state index contributed by atoms with van der Waals surface area (Å²) in [6.07, 6.45) is 2.09. The van der Waals surface area contributed by atoms with Gasteiger partial charge in [0.15, 0.2) is 11.8 Å². The van der Waals surface area contributed by atoms with Crippen molar-refractivity contribution < 1.29 is 8.98 Å². The Bertz CT molecular complexity index is 1890. The van der Waals surface area contributed by atoms with Gasteiger partial charge in [-0.15, -0.1) is 0 Å². The molecule has 3 nitrogen and oxygen atoms in total. The zero-order valence-corrected chi connectivity index (χ0v) is 21.1. The molecule has 0 saturated carbocycles. The predicted molar refractivity (Wildman–Crippen MR) is 153 cm³/mol. The molecule has 6 aromatic rings. The molecule has 2 aliphatic rings. The van der Waals surface area contributed by atoms with E-state index in [1.807, 2.05) is 0 Å². The number of anilines is 2. The van der Waals surface area contributed by atoms with Gasteiger partial charge in [0, 0.05) is 28.6 Å². The smallest absolute Gasteiger partial charge is 0.248 e. The molecule has 8 rings (SSSR count). The van der Waals surface area contributed by atoms with Crippen LogP contribution in [0.4, 0.5) is 11.4 Å². The Morgan fingerprint density at radius 1 is 0.778 bits per heavy atom. The highest BCUT2D eigenvalue weighted by molar-refractivity contribution is 7.58. The second-order valence-corrected chi connectivity index (χ2v) is 11.2. The van der Waals surface area contributed by atoms with Crippen molar-refractivity contribution in [2.24, 2.45) is 7.05 Å². The number of nitrogens with zero attached hydrogens (tertiary/aromatic N) is 1. The normalized spacial score (nSPS) is 14.0. The van der Waals surface area contributed by atoms with Crippen molar-refractivity contribution in [1.29, 1.82) is 0 Å². The molecule has 0 saturated heterocycles. The summed E-state index contributed by atoms with van der Waals surface area (Å²) in [5, 5.41) is 9.00. The van der Waals surface area contributed by atoms with Gasteiger partial charge in [-0.3, -0.25) is 0 Å². The molecule has 0 bridgehead atoms. The largest absolute Gasteiger partial charge is 0.453 e. The van der Waals surface area contributed by atoms with Crippen LogP contribution in [0.3, 0.4) is 0 Å². The van der Waals surface area contributed by atoms with Gasteiger partial charge in [-0.05, 0) is 46.2 Å². The first-order valence-corrected chi connectivity index (χ1v) is 13.4. The summed E-state index contributed by atoms with van der Waals surface area (Å²) in [6, 6.07) is 31.0. The number of nitrogens with one attached hydrogen (secondary N) is 1. The number of aryl methyl sites for hydroxylation is 2. The van der Waals surface area contributed by atoms with Crippen LogP contribution in [0.25, 0.3) is 33.2 Å². The van der Waals surface area contributed by atoms with Crippen LogP contribution in [0.1, 0.15) is 5.56 Å². The lowest BCUT2D eigenvalue weighted by atomic mass is 9.35. The summed E-state index contributed by atoms with van der Waals surface area (Å²) in [4.78, 5) is 0. The second kappa shape index (κ2) is 7.32. The number of hydrogen-bond donors (Lipinski definition) is 1. The van der Waals surface area contributed by atoms with Gasteiger partial charge in [-0.2, -0.15) is 0 Å². The highest BCUT2D eigenvalue weighted by Gasteiger charge is 2.38. The lowest BCUT2D eigenvalue weighted by Gasteiger charge is -2.34. The van der Waals surface area contributed by atoms with Gasteiger partial charge in [0.1, 0.15) is 12.6 Å². The van der Waals surface area contributed by atoms with Crippen LogP contribution >= 0.6 is 8.58 Å². The van der Waals surface area contributed by atoms with Gasteiger partial charge in [-0.1, -0.05) is 74.7 Å². The molecular formula is C31H23BN2OP+. The van der Waals surface area contributed by atoms with E-state index in [4.69, 9.17) is 4.42 Å². The highest BCUT2D eigenvalue weighted by atomic mass is 31.1. The zero-order chi connectivity index (χ0) is 24.0. The maximum Gasteiger partial charge on any atom is 0.248 e. The van der Waals surface area contributed by atoms with Crippen LogP contribution in [0.5, 0.6) is 0 Å². The number of aromatic nitrogens is 1. The number of furan rings is 1. The summed E-state index contributed by atoms with van der Waals surface area (Å²) in [5.41, 5.74) is 11.8. The molecule has 0 aliphatic carbocycles. The van der Waals surface area contributed by atoms with Gasteiger partial charge in [0.05, 0.1) is 11.3 Å². The van der Waals surface area contributed by atoms with Gasteiger partial charge < -0.3 is 9.73 Å². The Labute approximate surface area is 211 Å². The van der Waals surface area contributed by atoms with Crippen LogP contribution in [0.15, 0.2) is 95.5 Å². The maximum absolute atomic E-state index is 6.84. The summed E-state index contributed by atoms with van der Waals surface area (Å²) in [6.45, 7) is 2.39. The number of benzene rings is 4. The van der Waals surface area contributed by atoms with Crippen molar-refractivity contribution in [3.05, 3.63) is 96.7 Å². The van der Waals surface area contributed by atoms with E-state index < -0.39 is 0 Å². The summed E-state index contributed by atoms with van der Waals surface area (Å²) in [5.74, 6) is 0. The fourth-order valence-corrected chi connectivity index (χ4v) is 7.64. The van der Waals surface area contributed by atoms with E-state index in [0.29, 0.717) is 8.58 Å². The second-order valence-electron chi connectivity index (χ2n) is 9.88. The van der Waals surface area contributed by atoms with Crippen molar-refractivity contribution in [2.45, 2.75) is 6.92 Å². The van der Waals surface area contributed by atoms with Crippen LogP contribution in [-0.4, -0.2) is 6.71 Å². The molecule has 1 atom stereocenters. The molecule has 4 heterocycles. The monoisotopic (exact) mass is 481 g/mol. The van der Waals surface area contributed by atoms with Crippen LogP contribution < -0.4 is 36.9 Å². The van der Waals surface area contributed by atoms with Crippen molar-refractivity contribution in [1.82, 2.24) is 0 Å². The van der Waals surface area contributed by atoms with E-state index in [1.165, 1.54) is 38.2 Å². The van der Waals surface area contributed by atoms with E-state index in [9.17, 15) is 0 Å². The number of hydrogen-bond acceptors (Lipinski definition) is 2. The fraction of sp³-hybridized carbons (Fsp3) is 0.0645.